The van der Waals surface area contributed by atoms with Gasteiger partial charge in [0.25, 0.3) is 0 Å². The summed E-state index contributed by atoms with van der Waals surface area (Å²) >= 11 is 4.86. The highest BCUT2D eigenvalue weighted by Crippen LogP contribution is 2.31. The van der Waals surface area contributed by atoms with Gasteiger partial charge in [0.15, 0.2) is 0 Å². The molecule has 1 aromatic carbocycles. The average Bonchev–Trinajstić information content (AvgIpc) is 2.68. The quantitative estimate of drug-likeness (QED) is 0.692. The van der Waals surface area contributed by atoms with E-state index in [1.165, 1.54) is 18.4 Å². The van der Waals surface area contributed by atoms with Crippen molar-refractivity contribution < 1.29 is 9.53 Å². The molecule has 1 aromatic heterocycles. The minimum absolute atomic E-state index is 0.0713. The van der Waals surface area contributed by atoms with E-state index in [-0.39, 0.29) is 5.78 Å². The van der Waals surface area contributed by atoms with E-state index in [2.05, 4.69) is 15.9 Å². The van der Waals surface area contributed by atoms with Crippen LogP contribution in [0.25, 0.3) is 0 Å². The van der Waals surface area contributed by atoms with Gasteiger partial charge in [0.1, 0.15) is 5.75 Å². The van der Waals surface area contributed by atoms with Gasteiger partial charge in [-0.3, -0.25) is 4.79 Å². The number of benzene rings is 1. The summed E-state index contributed by atoms with van der Waals surface area (Å²) < 4.78 is 6.14. The Morgan fingerprint density at radius 2 is 2.11 bits per heavy atom. The van der Waals surface area contributed by atoms with Crippen LogP contribution in [0.1, 0.15) is 20.1 Å². The van der Waals surface area contributed by atoms with Gasteiger partial charge >= 0.3 is 0 Å². The van der Waals surface area contributed by atoms with E-state index in [1.807, 2.05) is 13.0 Å². The van der Waals surface area contributed by atoms with Crippen LogP contribution >= 0.6 is 27.3 Å². The van der Waals surface area contributed by atoms with Crippen LogP contribution in [-0.4, -0.2) is 12.9 Å². The molecule has 0 saturated carbocycles. The lowest BCUT2D eigenvalue weighted by Crippen LogP contribution is -2.03. The van der Waals surface area contributed by atoms with E-state index in [1.54, 1.807) is 18.2 Å². The zero-order chi connectivity index (χ0) is 13.3. The number of halogens is 1. The van der Waals surface area contributed by atoms with E-state index in [9.17, 15) is 4.79 Å². The number of carbonyl (C=O) groups excluding carboxylic acids is 1. The van der Waals surface area contributed by atoms with E-state index < -0.39 is 0 Å². The second-order valence-corrected chi connectivity index (χ2v) is 5.91. The molecule has 0 aliphatic rings. The van der Waals surface area contributed by atoms with Gasteiger partial charge in [-0.2, -0.15) is 0 Å². The van der Waals surface area contributed by atoms with Crippen LogP contribution in [0.4, 0.5) is 5.69 Å². The molecule has 0 fully saturated rings. The maximum Gasteiger partial charge on any atom is 0.206 e. The third-order valence-corrected chi connectivity index (χ3v) is 4.68. The Balaban J connectivity index is 2.48. The number of ether oxygens (including phenoxy) is 1. The molecule has 0 spiro atoms. The number of nitrogen functional groups attached to an aromatic ring is 1. The summed E-state index contributed by atoms with van der Waals surface area (Å²) in [7, 11) is 1.54. The minimum Gasteiger partial charge on any atom is -0.496 e. The van der Waals surface area contributed by atoms with Crippen LogP contribution in [-0.2, 0) is 0 Å². The first-order valence-corrected chi connectivity index (χ1v) is 6.88. The number of hydrogen-bond acceptors (Lipinski definition) is 4. The van der Waals surface area contributed by atoms with Gasteiger partial charge < -0.3 is 10.5 Å². The summed E-state index contributed by atoms with van der Waals surface area (Å²) in [5.41, 5.74) is 6.76. The van der Waals surface area contributed by atoms with Crippen LogP contribution in [0.15, 0.2) is 28.7 Å². The molecule has 2 rings (SSSR count). The SMILES string of the molecule is COc1ccc(N)cc1C(=O)c1cc(Br)c(C)s1. The molecular weight excluding hydrogens is 314 g/mol. The Hall–Kier alpha value is -1.33. The third kappa shape index (κ3) is 2.42. The maximum absolute atomic E-state index is 12.4. The molecule has 5 heteroatoms. The number of thiophene rings is 1. The van der Waals surface area contributed by atoms with Gasteiger partial charge in [0.2, 0.25) is 5.78 Å². The lowest BCUT2D eigenvalue weighted by atomic mass is 10.1. The van der Waals surface area contributed by atoms with Crippen molar-refractivity contribution in [2.75, 3.05) is 12.8 Å². The van der Waals surface area contributed by atoms with Crippen LogP contribution < -0.4 is 10.5 Å². The molecule has 94 valence electrons. The molecule has 2 aromatic rings. The second kappa shape index (κ2) is 5.12. The Morgan fingerprint density at radius 1 is 1.39 bits per heavy atom. The number of carbonyl (C=O) groups is 1. The summed E-state index contributed by atoms with van der Waals surface area (Å²) in [5.74, 6) is 0.467. The molecule has 1 heterocycles. The summed E-state index contributed by atoms with van der Waals surface area (Å²) in [5, 5.41) is 0. The number of ketones is 1. The second-order valence-electron chi connectivity index (χ2n) is 3.80. The Kier molecular flexibility index (Phi) is 3.73. The minimum atomic E-state index is -0.0713. The van der Waals surface area contributed by atoms with E-state index >= 15 is 0 Å². The summed E-state index contributed by atoms with van der Waals surface area (Å²) in [6, 6.07) is 6.89. The van der Waals surface area contributed by atoms with E-state index in [4.69, 9.17) is 10.5 Å². The highest BCUT2D eigenvalue weighted by Gasteiger charge is 2.17. The number of hydrogen-bond donors (Lipinski definition) is 1. The van der Waals surface area contributed by atoms with Gasteiger partial charge in [-0.05, 0) is 47.1 Å². The Bertz CT molecular complexity index is 588. The van der Waals surface area contributed by atoms with Gasteiger partial charge in [0, 0.05) is 15.0 Å². The number of anilines is 1. The molecule has 2 N–H and O–H groups in total. The molecule has 0 radical (unpaired) electrons. The van der Waals surface area contributed by atoms with Crippen molar-refractivity contribution in [1.82, 2.24) is 0 Å². The van der Waals surface area contributed by atoms with Crippen LogP contribution in [0.3, 0.4) is 0 Å². The van der Waals surface area contributed by atoms with Gasteiger partial charge in [-0.15, -0.1) is 11.3 Å². The highest BCUT2D eigenvalue weighted by molar-refractivity contribution is 9.10. The van der Waals surface area contributed by atoms with Gasteiger partial charge in [-0.1, -0.05) is 0 Å². The lowest BCUT2D eigenvalue weighted by molar-refractivity contribution is 0.103. The first kappa shape index (κ1) is 13.1. The van der Waals surface area contributed by atoms with Gasteiger partial charge in [-0.25, -0.2) is 0 Å². The highest BCUT2D eigenvalue weighted by atomic mass is 79.9. The molecule has 0 aliphatic heterocycles. The molecule has 0 bridgehead atoms. The van der Waals surface area contributed by atoms with Crippen LogP contribution in [0.5, 0.6) is 5.75 Å². The van der Waals surface area contributed by atoms with Crippen molar-refractivity contribution in [1.29, 1.82) is 0 Å². The molecule has 18 heavy (non-hydrogen) atoms. The van der Waals surface area contributed by atoms with E-state index in [0.717, 1.165) is 9.35 Å². The van der Waals surface area contributed by atoms with Crippen molar-refractivity contribution in [3.05, 3.63) is 44.1 Å². The molecular formula is C13H12BrNO2S. The summed E-state index contributed by atoms with van der Waals surface area (Å²) in [4.78, 5) is 14.1. The first-order chi connectivity index (χ1) is 8.52. The molecule has 0 saturated heterocycles. The fourth-order valence-electron chi connectivity index (χ4n) is 1.61. The predicted molar refractivity (Wildman–Crippen MR) is 77.6 cm³/mol. The summed E-state index contributed by atoms with van der Waals surface area (Å²) in [6.07, 6.45) is 0. The topological polar surface area (TPSA) is 52.3 Å². The monoisotopic (exact) mass is 325 g/mol. The largest absolute Gasteiger partial charge is 0.496 e. The van der Waals surface area contributed by atoms with Crippen molar-refractivity contribution in [3.8, 4) is 5.75 Å². The van der Waals surface area contributed by atoms with Crippen molar-refractivity contribution in [2.24, 2.45) is 0 Å². The number of rotatable bonds is 3. The fraction of sp³-hybridized carbons (Fsp3) is 0.154. The predicted octanol–water partition coefficient (Wildman–Crippen LogP) is 3.64. The molecule has 0 aliphatic carbocycles. The van der Waals surface area contributed by atoms with Crippen molar-refractivity contribution in [3.63, 3.8) is 0 Å². The van der Waals surface area contributed by atoms with Crippen molar-refractivity contribution >= 4 is 38.7 Å². The molecule has 0 amide bonds. The normalized spacial score (nSPS) is 10.4. The number of aryl methyl sites for hydroxylation is 1. The van der Waals surface area contributed by atoms with Crippen LogP contribution in [0, 0.1) is 6.92 Å². The van der Waals surface area contributed by atoms with Gasteiger partial charge in [0.05, 0.1) is 17.6 Å². The standard InChI is InChI=1S/C13H12BrNO2S/c1-7-10(14)6-12(18-7)13(16)9-5-8(15)3-4-11(9)17-2/h3-6H,15H2,1-2H3. The summed E-state index contributed by atoms with van der Waals surface area (Å²) in [6.45, 7) is 1.96. The Morgan fingerprint density at radius 3 is 2.67 bits per heavy atom. The number of nitrogens with two attached hydrogens (primary N) is 1. The molecule has 0 unspecified atom stereocenters. The zero-order valence-corrected chi connectivity index (χ0v) is 12.4. The van der Waals surface area contributed by atoms with Crippen molar-refractivity contribution in [2.45, 2.75) is 6.92 Å². The maximum atomic E-state index is 12.4. The van der Waals surface area contributed by atoms with E-state index in [0.29, 0.717) is 21.9 Å². The Labute approximate surface area is 118 Å². The zero-order valence-electron chi connectivity index (χ0n) is 9.99. The fourth-order valence-corrected chi connectivity index (χ4v) is 3.10. The van der Waals surface area contributed by atoms with Crippen LogP contribution in [0.2, 0.25) is 0 Å². The smallest absolute Gasteiger partial charge is 0.206 e. The molecule has 3 nitrogen and oxygen atoms in total. The number of methoxy groups -OCH3 is 1. The lowest BCUT2D eigenvalue weighted by Gasteiger charge is -2.07. The third-order valence-electron chi connectivity index (χ3n) is 2.55. The first-order valence-electron chi connectivity index (χ1n) is 5.27. The average molecular weight is 326 g/mol. The molecule has 0 atom stereocenters.